The Labute approximate surface area is 88.1 Å². The van der Waals surface area contributed by atoms with Crippen LogP contribution in [0.5, 0.6) is 0 Å². The number of likely N-dealkylation sites (tertiary alicyclic amines) is 1. The van der Waals surface area contributed by atoms with Crippen LogP contribution in [-0.2, 0) is 0 Å². The first kappa shape index (κ1) is 10.4. The van der Waals surface area contributed by atoms with Gasteiger partial charge in [-0.1, -0.05) is 6.92 Å². The van der Waals surface area contributed by atoms with Crippen molar-refractivity contribution in [1.82, 2.24) is 10.2 Å². The lowest BCUT2D eigenvalue weighted by atomic mass is 9.99. The third kappa shape index (κ3) is 2.71. The van der Waals surface area contributed by atoms with E-state index < -0.39 is 0 Å². The molecule has 1 heterocycles. The first-order chi connectivity index (χ1) is 6.79. The summed E-state index contributed by atoms with van der Waals surface area (Å²) in [7, 11) is 2.07. The normalized spacial score (nSPS) is 34.7. The standard InChI is InChI=1S/C12H24N2/c1-10-3-5-14(6-4-10)9-12-7-11(12)8-13-2/h10-13H,3-9H2,1-2H3. The van der Waals surface area contributed by atoms with Crippen LogP contribution in [-0.4, -0.2) is 38.1 Å². The van der Waals surface area contributed by atoms with Gasteiger partial charge in [-0.15, -0.1) is 0 Å². The molecule has 2 fully saturated rings. The van der Waals surface area contributed by atoms with Gasteiger partial charge in [-0.2, -0.15) is 0 Å². The molecule has 1 aliphatic carbocycles. The van der Waals surface area contributed by atoms with E-state index in [-0.39, 0.29) is 0 Å². The van der Waals surface area contributed by atoms with Gasteiger partial charge in [0.2, 0.25) is 0 Å². The van der Waals surface area contributed by atoms with Crippen molar-refractivity contribution in [2.75, 3.05) is 33.2 Å². The van der Waals surface area contributed by atoms with Crippen LogP contribution in [0, 0.1) is 17.8 Å². The third-order valence-corrected chi connectivity index (χ3v) is 3.90. The predicted molar refractivity (Wildman–Crippen MR) is 60.4 cm³/mol. The number of hydrogen-bond acceptors (Lipinski definition) is 2. The van der Waals surface area contributed by atoms with Gasteiger partial charge in [0.15, 0.2) is 0 Å². The molecule has 2 unspecified atom stereocenters. The number of piperidine rings is 1. The van der Waals surface area contributed by atoms with E-state index in [1.165, 1.54) is 45.4 Å². The van der Waals surface area contributed by atoms with Gasteiger partial charge in [0.05, 0.1) is 0 Å². The Morgan fingerprint density at radius 2 is 1.93 bits per heavy atom. The van der Waals surface area contributed by atoms with Crippen LogP contribution in [0.25, 0.3) is 0 Å². The lowest BCUT2D eigenvalue weighted by Gasteiger charge is -2.30. The highest BCUT2D eigenvalue weighted by Crippen LogP contribution is 2.38. The maximum Gasteiger partial charge on any atom is 0.00129 e. The summed E-state index contributed by atoms with van der Waals surface area (Å²) in [6.45, 7) is 7.69. The second-order valence-corrected chi connectivity index (χ2v) is 5.30. The Morgan fingerprint density at radius 3 is 2.57 bits per heavy atom. The van der Waals surface area contributed by atoms with Crippen molar-refractivity contribution in [2.45, 2.75) is 26.2 Å². The van der Waals surface area contributed by atoms with Crippen LogP contribution in [0.2, 0.25) is 0 Å². The van der Waals surface area contributed by atoms with Gasteiger partial charge in [0, 0.05) is 6.54 Å². The Bertz CT molecular complexity index is 173. The van der Waals surface area contributed by atoms with Crippen molar-refractivity contribution in [3.8, 4) is 0 Å². The second kappa shape index (κ2) is 4.63. The molecule has 1 aliphatic heterocycles. The van der Waals surface area contributed by atoms with Crippen LogP contribution in [0.15, 0.2) is 0 Å². The molecule has 2 heteroatoms. The number of hydrogen-bond donors (Lipinski definition) is 1. The molecule has 0 aromatic heterocycles. The molecule has 1 saturated carbocycles. The lowest BCUT2D eigenvalue weighted by Crippen LogP contribution is -2.34. The molecule has 0 radical (unpaired) electrons. The molecule has 2 nitrogen and oxygen atoms in total. The summed E-state index contributed by atoms with van der Waals surface area (Å²) in [4.78, 5) is 2.68. The fraction of sp³-hybridized carbons (Fsp3) is 1.00. The van der Waals surface area contributed by atoms with Crippen molar-refractivity contribution in [2.24, 2.45) is 17.8 Å². The monoisotopic (exact) mass is 196 g/mol. The molecule has 0 amide bonds. The summed E-state index contributed by atoms with van der Waals surface area (Å²) in [5, 5.41) is 3.29. The molecule has 2 aliphatic rings. The lowest BCUT2D eigenvalue weighted by molar-refractivity contribution is 0.183. The molecule has 0 aromatic carbocycles. The molecule has 1 N–H and O–H groups in total. The Balaban J connectivity index is 1.62. The molecule has 2 rings (SSSR count). The molecule has 14 heavy (non-hydrogen) atoms. The minimum absolute atomic E-state index is 0.971. The van der Waals surface area contributed by atoms with Crippen molar-refractivity contribution in [1.29, 1.82) is 0 Å². The smallest absolute Gasteiger partial charge is 0.00129 e. The average Bonchev–Trinajstić information content (AvgIpc) is 2.89. The van der Waals surface area contributed by atoms with Gasteiger partial charge in [-0.25, -0.2) is 0 Å². The molecular formula is C12H24N2. The largest absolute Gasteiger partial charge is 0.319 e. The highest BCUT2D eigenvalue weighted by molar-refractivity contribution is 4.90. The van der Waals surface area contributed by atoms with Gasteiger partial charge in [-0.05, 0) is 63.7 Å². The zero-order valence-electron chi connectivity index (χ0n) is 9.63. The highest BCUT2D eigenvalue weighted by Gasteiger charge is 2.37. The molecule has 0 bridgehead atoms. The van der Waals surface area contributed by atoms with E-state index in [1.54, 1.807) is 0 Å². The van der Waals surface area contributed by atoms with Crippen LogP contribution in [0.4, 0.5) is 0 Å². The molecule has 2 atom stereocenters. The SMILES string of the molecule is CNCC1CC1CN1CCC(C)CC1. The van der Waals surface area contributed by atoms with E-state index in [1.807, 2.05) is 0 Å². The van der Waals surface area contributed by atoms with Crippen LogP contribution in [0.1, 0.15) is 26.2 Å². The van der Waals surface area contributed by atoms with Crippen LogP contribution in [0.3, 0.4) is 0 Å². The van der Waals surface area contributed by atoms with Crippen LogP contribution >= 0.6 is 0 Å². The maximum atomic E-state index is 3.29. The van der Waals surface area contributed by atoms with Crippen LogP contribution < -0.4 is 5.32 Å². The summed E-state index contributed by atoms with van der Waals surface area (Å²) in [5.41, 5.74) is 0. The number of nitrogens with zero attached hydrogens (tertiary/aromatic N) is 1. The van der Waals surface area contributed by atoms with E-state index >= 15 is 0 Å². The van der Waals surface area contributed by atoms with E-state index in [0.717, 1.165) is 17.8 Å². The Morgan fingerprint density at radius 1 is 1.21 bits per heavy atom. The van der Waals surface area contributed by atoms with E-state index in [9.17, 15) is 0 Å². The summed E-state index contributed by atoms with van der Waals surface area (Å²) in [6, 6.07) is 0. The fourth-order valence-electron chi connectivity index (χ4n) is 2.62. The second-order valence-electron chi connectivity index (χ2n) is 5.30. The van der Waals surface area contributed by atoms with Gasteiger partial charge >= 0.3 is 0 Å². The summed E-state index contributed by atoms with van der Waals surface area (Å²) < 4.78 is 0. The van der Waals surface area contributed by atoms with Gasteiger partial charge < -0.3 is 10.2 Å². The zero-order valence-corrected chi connectivity index (χ0v) is 9.63. The third-order valence-electron chi connectivity index (χ3n) is 3.90. The minimum Gasteiger partial charge on any atom is -0.319 e. The van der Waals surface area contributed by atoms with Crippen molar-refractivity contribution in [3.63, 3.8) is 0 Å². The minimum atomic E-state index is 0.971. The maximum absolute atomic E-state index is 3.29. The molecule has 82 valence electrons. The van der Waals surface area contributed by atoms with Crippen molar-refractivity contribution >= 4 is 0 Å². The molecule has 0 aromatic rings. The average molecular weight is 196 g/mol. The fourth-order valence-corrected chi connectivity index (χ4v) is 2.62. The predicted octanol–water partition coefficient (Wildman–Crippen LogP) is 1.57. The van der Waals surface area contributed by atoms with E-state index in [2.05, 4.69) is 24.2 Å². The number of rotatable bonds is 4. The topological polar surface area (TPSA) is 15.3 Å². The van der Waals surface area contributed by atoms with E-state index in [0.29, 0.717) is 0 Å². The Kier molecular flexibility index (Phi) is 3.45. The first-order valence-corrected chi connectivity index (χ1v) is 6.16. The quantitative estimate of drug-likeness (QED) is 0.734. The molecular weight excluding hydrogens is 172 g/mol. The van der Waals surface area contributed by atoms with Gasteiger partial charge in [0.25, 0.3) is 0 Å². The highest BCUT2D eigenvalue weighted by atomic mass is 15.1. The molecule has 1 saturated heterocycles. The summed E-state index contributed by atoms with van der Waals surface area (Å²) in [6.07, 6.45) is 4.31. The van der Waals surface area contributed by atoms with Gasteiger partial charge in [0.1, 0.15) is 0 Å². The molecule has 0 spiro atoms. The van der Waals surface area contributed by atoms with Crippen molar-refractivity contribution < 1.29 is 0 Å². The summed E-state index contributed by atoms with van der Waals surface area (Å²) in [5.74, 6) is 2.97. The first-order valence-electron chi connectivity index (χ1n) is 6.16. The number of nitrogens with one attached hydrogen (secondary N) is 1. The Hall–Kier alpha value is -0.0800. The van der Waals surface area contributed by atoms with E-state index in [4.69, 9.17) is 0 Å². The summed E-state index contributed by atoms with van der Waals surface area (Å²) >= 11 is 0. The zero-order chi connectivity index (χ0) is 9.97. The van der Waals surface area contributed by atoms with Crippen molar-refractivity contribution in [3.05, 3.63) is 0 Å². The van der Waals surface area contributed by atoms with Gasteiger partial charge in [-0.3, -0.25) is 0 Å².